The molecule has 4 nitrogen and oxygen atoms in total. The molecule has 2 fully saturated rings. The summed E-state index contributed by atoms with van der Waals surface area (Å²) in [6, 6.07) is 8.26. The van der Waals surface area contributed by atoms with Gasteiger partial charge in [-0.05, 0) is 62.8 Å². The first kappa shape index (κ1) is 15.4. The molecule has 0 bridgehead atoms. The van der Waals surface area contributed by atoms with Crippen molar-refractivity contribution in [1.29, 1.82) is 0 Å². The van der Waals surface area contributed by atoms with Gasteiger partial charge in [-0.1, -0.05) is 0 Å². The first-order valence-electron chi connectivity index (χ1n) is 6.94. The van der Waals surface area contributed by atoms with Crippen LogP contribution in [0.5, 0.6) is 5.75 Å². The van der Waals surface area contributed by atoms with Crippen LogP contribution in [0.25, 0.3) is 0 Å². The minimum absolute atomic E-state index is 0. The molecule has 1 aromatic rings. The van der Waals surface area contributed by atoms with Gasteiger partial charge in [-0.25, -0.2) is 4.99 Å². The second-order valence-electron chi connectivity index (χ2n) is 5.91. The molecule has 0 saturated heterocycles. The standard InChI is InChI=1S/C15H21N3O.HI/c1-10(2)19-12-5-3-11(4-6-12)17-14(16)18-13-9-15(13)7-8-15;/h3-6,10,13H,7-9H2,1-2H3,(H3,16,17,18);1H. The molecule has 5 heteroatoms. The van der Waals surface area contributed by atoms with Gasteiger partial charge in [-0.3, -0.25) is 0 Å². The summed E-state index contributed by atoms with van der Waals surface area (Å²) in [4.78, 5) is 4.52. The molecule has 1 aromatic carbocycles. The number of ether oxygens (including phenoxy) is 1. The van der Waals surface area contributed by atoms with Gasteiger partial charge in [0.15, 0.2) is 5.96 Å². The van der Waals surface area contributed by atoms with Gasteiger partial charge in [0.05, 0.1) is 12.1 Å². The number of guanidine groups is 1. The Bertz CT molecular complexity index is 494. The number of anilines is 1. The number of nitrogens with two attached hydrogens (primary N) is 1. The molecule has 3 N–H and O–H groups in total. The number of nitrogens with one attached hydrogen (secondary N) is 1. The van der Waals surface area contributed by atoms with E-state index in [9.17, 15) is 0 Å². The number of nitrogens with zero attached hydrogens (tertiary/aromatic N) is 1. The predicted molar refractivity (Wildman–Crippen MR) is 92.9 cm³/mol. The van der Waals surface area contributed by atoms with Crippen molar-refractivity contribution in [3.05, 3.63) is 24.3 Å². The average Bonchev–Trinajstić information content (AvgIpc) is 3.23. The number of halogens is 1. The SMILES string of the molecule is CC(C)Oc1ccc(NC(N)=NC2CC23CC3)cc1.I. The number of benzene rings is 1. The van der Waals surface area contributed by atoms with Crippen molar-refractivity contribution in [3.63, 3.8) is 0 Å². The molecule has 110 valence electrons. The van der Waals surface area contributed by atoms with Crippen molar-refractivity contribution in [3.8, 4) is 5.75 Å². The van der Waals surface area contributed by atoms with E-state index in [-0.39, 0.29) is 30.1 Å². The van der Waals surface area contributed by atoms with Crippen molar-refractivity contribution in [2.45, 2.75) is 45.3 Å². The topological polar surface area (TPSA) is 59.6 Å². The summed E-state index contributed by atoms with van der Waals surface area (Å²) in [5.41, 5.74) is 7.43. The lowest BCUT2D eigenvalue weighted by Crippen LogP contribution is -2.23. The third-order valence-corrected chi connectivity index (χ3v) is 3.83. The van der Waals surface area contributed by atoms with E-state index in [4.69, 9.17) is 10.5 Å². The summed E-state index contributed by atoms with van der Waals surface area (Å²) in [7, 11) is 0. The Morgan fingerprint density at radius 1 is 1.35 bits per heavy atom. The minimum Gasteiger partial charge on any atom is -0.491 e. The van der Waals surface area contributed by atoms with Crippen LogP contribution in [0.1, 0.15) is 33.1 Å². The second-order valence-corrected chi connectivity index (χ2v) is 5.91. The first-order valence-corrected chi connectivity index (χ1v) is 6.94. The third kappa shape index (κ3) is 3.56. The van der Waals surface area contributed by atoms with Gasteiger partial charge >= 0.3 is 0 Å². The van der Waals surface area contributed by atoms with E-state index in [2.05, 4.69) is 10.3 Å². The maximum absolute atomic E-state index is 5.92. The highest BCUT2D eigenvalue weighted by atomic mass is 127. The van der Waals surface area contributed by atoms with Crippen LogP contribution >= 0.6 is 24.0 Å². The summed E-state index contributed by atoms with van der Waals surface area (Å²) >= 11 is 0. The van der Waals surface area contributed by atoms with Crippen LogP contribution in [0.15, 0.2) is 29.3 Å². The molecule has 1 spiro atoms. The molecule has 2 aliphatic carbocycles. The summed E-state index contributed by atoms with van der Waals surface area (Å²) in [6.07, 6.45) is 4.07. The molecule has 0 aliphatic heterocycles. The molecule has 0 heterocycles. The molecular formula is C15H22IN3O. The number of aliphatic imine (C=N–C) groups is 1. The fourth-order valence-electron chi connectivity index (χ4n) is 2.44. The van der Waals surface area contributed by atoms with E-state index in [1.54, 1.807) is 0 Å². The largest absolute Gasteiger partial charge is 0.491 e. The summed E-state index contributed by atoms with van der Waals surface area (Å²) in [5.74, 6) is 1.39. The van der Waals surface area contributed by atoms with Crippen LogP contribution < -0.4 is 15.8 Å². The molecule has 2 saturated carbocycles. The lowest BCUT2D eigenvalue weighted by molar-refractivity contribution is 0.242. The fraction of sp³-hybridized carbons (Fsp3) is 0.533. The molecule has 0 radical (unpaired) electrons. The van der Waals surface area contributed by atoms with Crippen molar-refractivity contribution < 1.29 is 4.74 Å². The molecule has 1 atom stereocenters. The zero-order chi connectivity index (χ0) is 13.5. The van der Waals surface area contributed by atoms with E-state index in [1.807, 2.05) is 38.1 Å². The van der Waals surface area contributed by atoms with Gasteiger partial charge in [0.25, 0.3) is 0 Å². The van der Waals surface area contributed by atoms with E-state index in [1.165, 1.54) is 19.3 Å². The van der Waals surface area contributed by atoms with Crippen molar-refractivity contribution in [2.24, 2.45) is 16.1 Å². The molecule has 0 amide bonds. The van der Waals surface area contributed by atoms with Crippen LogP contribution in [0, 0.1) is 5.41 Å². The average molecular weight is 387 g/mol. The monoisotopic (exact) mass is 387 g/mol. The highest BCUT2D eigenvalue weighted by molar-refractivity contribution is 14.0. The molecular weight excluding hydrogens is 365 g/mol. The Labute approximate surface area is 137 Å². The van der Waals surface area contributed by atoms with Crippen molar-refractivity contribution in [1.82, 2.24) is 0 Å². The second kappa shape index (κ2) is 5.79. The van der Waals surface area contributed by atoms with Gasteiger partial charge in [-0.2, -0.15) is 0 Å². The highest BCUT2D eigenvalue weighted by Gasteiger charge is 2.63. The van der Waals surface area contributed by atoms with Crippen LogP contribution in [-0.4, -0.2) is 18.1 Å². The normalized spacial score (nSPS) is 22.4. The lowest BCUT2D eigenvalue weighted by Gasteiger charge is -2.10. The van der Waals surface area contributed by atoms with E-state index in [0.29, 0.717) is 17.4 Å². The van der Waals surface area contributed by atoms with E-state index in [0.717, 1.165) is 11.4 Å². The Balaban J connectivity index is 0.00000147. The van der Waals surface area contributed by atoms with Crippen LogP contribution in [0.4, 0.5) is 5.69 Å². The molecule has 0 aromatic heterocycles. The molecule has 20 heavy (non-hydrogen) atoms. The van der Waals surface area contributed by atoms with Gasteiger partial charge in [0.1, 0.15) is 5.75 Å². The summed E-state index contributed by atoms with van der Waals surface area (Å²) in [5, 5.41) is 3.13. The smallest absolute Gasteiger partial charge is 0.193 e. The van der Waals surface area contributed by atoms with Gasteiger partial charge in [0, 0.05) is 5.69 Å². The van der Waals surface area contributed by atoms with E-state index >= 15 is 0 Å². The van der Waals surface area contributed by atoms with Crippen molar-refractivity contribution >= 4 is 35.6 Å². The summed E-state index contributed by atoms with van der Waals surface area (Å²) < 4.78 is 5.59. The number of rotatable bonds is 4. The molecule has 3 rings (SSSR count). The minimum atomic E-state index is 0. The Morgan fingerprint density at radius 3 is 2.50 bits per heavy atom. The van der Waals surface area contributed by atoms with Crippen LogP contribution in [-0.2, 0) is 0 Å². The van der Waals surface area contributed by atoms with Crippen molar-refractivity contribution in [2.75, 3.05) is 5.32 Å². The van der Waals surface area contributed by atoms with Gasteiger partial charge < -0.3 is 15.8 Å². The third-order valence-electron chi connectivity index (χ3n) is 3.83. The Hall–Kier alpha value is -0.980. The maximum Gasteiger partial charge on any atom is 0.193 e. The van der Waals surface area contributed by atoms with Crippen LogP contribution in [0.3, 0.4) is 0 Å². The zero-order valence-electron chi connectivity index (χ0n) is 11.9. The first-order chi connectivity index (χ1) is 9.07. The Morgan fingerprint density at radius 2 is 2.00 bits per heavy atom. The fourth-order valence-corrected chi connectivity index (χ4v) is 2.44. The van der Waals surface area contributed by atoms with E-state index < -0.39 is 0 Å². The maximum atomic E-state index is 5.92. The molecule has 2 aliphatic rings. The number of hydrogen-bond acceptors (Lipinski definition) is 2. The molecule has 1 unspecified atom stereocenters. The van der Waals surface area contributed by atoms with Gasteiger partial charge in [-0.15, -0.1) is 24.0 Å². The highest BCUT2D eigenvalue weighted by Crippen LogP contribution is 2.67. The zero-order valence-corrected chi connectivity index (χ0v) is 14.3. The predicted octanol–water partition coefficient (Wildman–Crippen LogP) is 3.37. The van der Waals surface area contributed by atoms with Gasteiger partial charge in [0.2, 0.25) is 0 Å². The Kier molecular flexibility index (Phi) is 4.46. The van der Waals surface area contributed by atoms with Crippen LogP contribution in [0.2, 0.25) is 0 Å². The quantitative estimate of drug-likeness (QED) is 0.473. The summed E-state index contributed by atoms with van der Waals surface area (Å²) in [6.45, 7) is 4.03. The lowest BCUT2D eigenvalue weighted by atomic mass is 10.3. The number of hydrogen-bond donors (Lipinski definition) is 2.